The Labute approximate surface area is 167 Å². The van der Waals surface area contributed by atoms with Crippen molar-refractivity contribution in [3.05, 3.63) is 65.2 Å². The molecule has 150 valence electrons. The largest absolute Gasteiger partial charge is 0.491 e. The van der Waals surface area contributed by atoms with Gasteiger partial charge in [-0.15, -0.1) is 0 Å². The molecule has 1 aliphatic heterocycles. The third-order valence-electron chi connectivity index (χ3n) is 4.86. The smallest absolute Gasteiger partial charge is 0.251 e. The number of aryl methyl sites for hydroxylation is 1. The van der Waals surface area contributed by atoms with E-state index in [1.807, 2.05) is 55.5 Å². The van der Waals surface area contributed by atoms with E-state index in [0.29, 0.717) is 18.7 Å². The molecule has 28 heavy (non-hydrogen) atoms. The molecule has 3 rings (SSSR count). The Balaban J connectivity index is 1.44. The number of rotatable bonds is 7. The van der Waals surface area contributed by atoms with Gasteiger partial charge in [0.2, 0.25) is 0 Å². The number of carbonyl (C=O) groups excluding carboxylic acids is 1. The van der Waals surface area contributed by atoms with Gasteiger partial charge < -0.3 is 14.8 Å². The minimum atomic E-state index is -0.0754. The fraction of sp³-hybridized carbons (Fsp3) is 0.435. The topological polar surface area (TPSA) is 50.8 Å². The number of nitrogens with one attached hydrogen (secondary N) is 1. The first kappa shape index (κ1) is 20.4. The number of para-hydroxylation sites is 1. The van der Waals surface area contributed by atoms with E-state index in [4.69, 9.17) is 9.47 Å². The average molecular weight is 383 g/mol. The van der Waals surface area contributed by atoms with E-state index in [1.165, 1.54) is 5.56 Å². The molecule has 1 heterocycles. The molecule has 5 heteroatoms. The van der Waals surface area contributed by atoms with Crippen molar-refractivity contribution in [2.75, 3.05) is 26.2 Å². The molecule has 1 aliphatic rings. The summed E-state index contributed by atoms with van der Waals surface area (Å²) in [5, 5.41) is 2.91. The van der Waals surface area contributed by atoms with Gasteiger partial charge in [0.15, 0.2) is 0 Å². The first-order valence-corrected chi connectivity index (χ1v) is 9.94. The highest BCUT2D eigenvalue weighted by Gasteiger charge is 2.22. The van der Waals surface area contributed by atoms with Gasteiger partial charge in [-0.3, -0.25) is 9.69 Å². The van der Waals surface area contributed by atoms with Crippen molar-refractivity contribution in [2.24, 2.45) is 0 Å². The number of amides is 1. The zero-order valence-electron chi connectivity index (χ0n) is 17.0. The maximum atomic E-state index is 12.3. The van der Waals surface area contributed by atoms with E-state index in [2.05, 4.69) is 24.1 Å². The number of morpholine rings is 1. The summed E-state index contributed by atoms with van der Waals surface area (Å²) in [6, 6.07) is 15.7. The maximum absolute atomic E-state index is 12.3. The highest BCUT2D eigenvalue weighted by Crippen LogP contribution is 2.16. The number of carbonyl (C=O) groups is 1. The molecular weight excluding hydrogens is 352 g/mol. The Hall–Kier alpha value is -2.37. The van der Waals surface area contributed by atoms with Crippen molar-refractivity contribution in [3.63, 3.8) is 0 Å². The number of benzene rings is 2. The number of ether oxygens (including phenoxy) is 2. The van der Waals surface area contributed by atoms with Gasteiger partial charge in [-0.25, -0.2) is 0 Å². The predicted octanol–water partition coefficient (Wildman–Crippen LogP) is 3.41. The molecule has 0 radical (unpaired) electrons. The molecule has 2 unspecified atom stereocenters. The van der Waals surface area contributed by atoms with Crippen molar-refractivity contribution >= 4 is 5.91 Å². The molecule has 0 aliphatic carbocycles. The number of hydrogen-bond acceptors (Lipinski definition) is 4. The Morgan fingerprint density at radius 1 is 1.11 bits per heavy atom. The molecule has 5 nitrogen and oxygen atoms in total. The lowest BCUT2D eigenvalue weighted by Gasteiger charge is -2.35. The van der Waals surface area contributed by atoms with Crippen LogP contribution in [0, 0.1) is 6.92 Å². The molecular formula is C23H30N2O3. The van der Waals surface area contributed by atoms with Crippen LogP contribution in [0.2, 0.25) is 0 Å². The zero-order valence-corrected chi connectivity index (χ0v) is 17.0. The molecule has 0 aromatic heterocycles. The molecule has 0 bridgehead atoms. The summed E-state index contributed by atoms with van der Waals surface area (Å²) in [6.07, 6.45) is 0.520. The summed E-state index contributed by atoms with van der Waals surface area (Å²) in [4.78, 5) is 14.7. The second-order valence-electron chi connectivity index (χ2n) is 7.52. The van der Waals surface area contributed by atoms with E-state index in [9.17, 15) is 4.79 Å². The summed E-state index contributed by atoms with van der Waals surface area (Å²) >= 11 is 0. The van der Waals surface area contributed by atoms with Gasteiger partial charge in [0, 0.05) is 25.2 Å². The van der Waals surface area contributed by atoms with Crippen LogP contribution in [0.15, 0.2) is 48.5 Å². The summed E-state index contributed by atoms with van der Waals surface area (Å²) in [5.74, 6) is 0.779. The van der Waals surface area contributed by atoms with Crippen LogP contribution in [-0.2, 0) is 11.3 Å². The van der Waals surface area contributed by atoms with Gasteiger partial charge in [-0.1, -0.05) is 30.3 Å². The van der Waals surface area contributed by atoms with Crippen molar-refractivity contribution < 1.29 is 14.3 Å². The highest BCUT2D eigenvalue weighted by molar-refractivity contribution is 5.94. The summed E-state index contributed by atoms with van der Waals surface area (Å²) < 4.78 is 11.5. The van der Waals surface area contributed by atoms with Crippen LogP contribution in [0.25, 0.3) is 0 Å². The van der Waals surface area contributed by atoms with Gasteiger partial charge in [0.1, 0.15) is 12.4 Å². The fourth-order valence-corrected chi connectivity index (χ4v) is 3.58. The van der Waals surface area contributed by atoms with Crippen molar-refractivity contribution in [1.29, 1.82) is 0 Å². The Kier molecular flexibility index (Phi) is 7.06. The summed E-state index contributed by atoms with van der Waals surface area (Å²) in [7, 11) is 0. The molecule has 2 aromatic carbocycles. The lowest BCUT2D eigenvalue weighted by atomic mass is 10.1. The standard InChI is InChI=1S/C23H30N2O3/c1-17-6-4-5-7-22(17)27-13-12-24-23(26)21-10-8-20(9-11-21)16-25-14-18(2)28-19(3)15-25/h4-11,18-19H,12-16H2,1-3H3,(H,24,26). The van der Waals surface area contributed by atoms with Gasteiger partial charge >= 0.3 is 0 Å². The van der Waals surface area contributed by atoms with Crippen LogP contribution in [-0.4, -0.2) is 49.3 Å². The van der Waals surface area contributed by atoms with Crippen molar-refractivity contribution in [1.82, 2.24) is 10.2 Å². The second-order valence-corrected chi connectivity index (χ2v) is 7.52. The molecule has 2 aromatic rings. The van der Waals surface area contributed by atoms with E-state index < -0.39 is 0 Å². The third kappa shape index (κ3) is 5.81. The van der Waals surface area contributed by atoms with Gasteiger partial charge in [-0.2, -0.15) is 0 Å². The van der Waals surface area contributed by atoms with Crippen molar-refractivity contribution in [2.45, 2.75) is 39.5 Å². The number of hydrogen-bond donors (Lipinski definition) is 1. The average Bonchev–Trinajstić information content (AvgIpc) is 2.66. The first-order chi connectivity index (χ1) is 13.5. The monoisotopic (exact) mass is 382 g/mol. The van der Waals surface area contributed by atoms with Crippen LogP contribution in [0.4, 0.5) is 0 Å². The van der Waals surface area contributed by atoms with E-state index >= 15 is 0 Å². The lowest BCUT2D eigenvalue weighted by molar-refractivity contribution is -0.0704. The molecule has 2 atom stereocenters. The molecule has 1 N–H and O–H groups in total. The molecule has 1 amide bonds. The quantitative estimate of drug-likeness (QED) is 0.746. The van der Waals surface area contributed by atoms with E-state index in [0.717, 1.165) is 30.9 Å². The lowest BCUT2D eigenvalue weighted by Crippen LogP contribution is -2.44. The number of nitrogens with zero attached hydrogens (tertiary/aromatic N) is 1. The van der Waals surface area contributed by atoms with Crippen LogP contribution >= 0.6 is 0 Å². The minimum Gasteiger partial charge on any atom is -0.491 e. The Morgan fingerprint density at radius 2 is 1.79 bits per heavy atom. The van der Waals surface area contributed by atoms with Gasteiger partial charge in [0.05, 0.1) is 18.8 Å². The molecule has 1 saturated heterocycles. The van der Waals surface area contributed by atoms with E-state index in [1.54, 1.807) is 0 Å². The van der Waals surface area contributed by atoms with Crippen LogP contribution in [0.5, 0.6) is 5.75 Å². The fourth-order valence-electron chi connectivity index (χ4n) is 3.58. The molecule has 1 fully saturated rings. The summed E-state index contributed by atoms with van der Waals surface area (Å²) in [6.45, 7) is 9.90. The Bertz CT molecular complexity index is 766. The Morgan fingerprint density at radius 3 is 2.46 bits per heavy atom. The molecule has 0 saturated carbocycles. The molecule has 0 spiro atoms. The SMILES string of the molecule is Cc1ccccc1OCCNC(=O)c1ccc(CN2CC(C)OC(C)C2)cc1. The minimum absolute atomic E-state index is 0.0754. The van der Waals surface area contributed by atoms with E-state index in [-0.39, 0.29) is 18.1 Å². The van der Waals surface area contributed by atoms with Gasteiger partial charge in [0.25, 0.3) is 5.91 Å². The highest BCUT2D eigenvalue weighted by atomic mass is 16.5. The second kappa shape index (κ2) is 9.71. The van der Waals surface area contributed by atoms with Crippen molar-refractivity contribution in [3.8, 4) is 5.75 Å². The maximum Gasteiger partial charge on any atom is 0.251 e. The third-order valence-corrected chi connectivity index (χ3v) is 4.86. The predicted molar refractivity (Wildman–Crippen MR) is 111 cm³/mol. The van der Waals surface area contributed by atoms with Crippen LogP contribution < -0.4 is 10.1 Å². The summed E-state index contributed by atoms with van der Waals surface area (Å²) in [5.41, 5.74) is 2.97. The zero-order chi connectivity index (χ0) is 19.9. The normalized spacial score (nSPS) is 20.0. The van der Waals surface area contributed by atoms with Crippen LogP contribution in [0.3, 0.4) is 0 Å². The van der Waals surface area contributed by atoms with Crippen LogP contribution in [0.1, 0.15) is 35.3 Å². The first-order valence-electron chi connectivity index (χ1n) is 9.94. The van der Waals surface area contributed by atoms with Gasteiger partial charge in [-0.05, 0) is 50.1 Å².